The first kappa shape index (κ1) is 10.3. The minimum Gasteiger partial charge on any atom is -0.359 e. The van der Waals surface area contributed by atoms with Crippen LogP contribution in [0.1, 0.15) is 39.5 Å². The molecule has 3 heteroatoms. The number of hydrogen-bond donors (Lipinski definition) is 1. The van der Waals surface area contributed by atoms with Crippen molar-refractivity contribution in [1.29, 1.82) is 0 Å². The fourth-order valence-electron chi connectivity index (χ4n) is 2.10. The molecule has 1 heterocycles. The van der Waals surface area contributed by atoms with E-state index in [0.29, 0.717) is 0 Å². The molecule has 0 atom stereocenters. The van der Waals surface area contributed by atoms with Crippen LogP contribution in [-0.2, 0) is 0 Å². The third-order valence-electron chi connectivity index (χ3n) is 2.98. The van der Waals surface area contributed by atoms with E-state index in [9.17, 15) is 0 Å². The fraction of sp³-hybridized carbons (Fsp3) is 0.909. The average molecular weight is 212 g/mol. The molecule has 80 valence electrons. The zero-order chi connectivity index (χ0) is 10.0. The number of nitrogens with zero attached hydrogens (tertiary/aromatic N) is 1. The Morgan fingerprint density at radius 1 is 1.43 bits per heavy atom. The first-order valence-corrected chi connectivity index (χ1v) is 6.60. The van der Waals surface area contributed by atoms with Crippen LogP contribution in [0.25, 0.3) is 0 Å². The maximum absolute atomic E-state index is 4.67. The molecule has 0 radical (unpaired) electrons. The summed E-state index contributed by atoms with van der Waals surface area (Å²) in [5, 5.41) is 4.64. The molecule has 0 amide bonds. The van der Waals surface area contributed by atoms with Gasteiger partial charge < -0.3 is 5.32 Å². The van der Waals surface area contributed by atoms with Crippen molar-refractivity contribution in [2.45, 2.75) is 45.1 Å². The summed E-state index contributed by atoms with van der Waals surface area (Å²) >= 11 is 1.87. The minimum absolute atomic E-state index is 0.249. The van der Waals surface area contributed by atoms with Gasteiger partial charge in [0.15, 0.2) is 5.17 Å². The van der Waals surface area contributed by atoms with Crippen molar-refractivity contribution in [3.8, 4) is 0 Å². The molecule has 2 rings (SSSR count). The molecule has 0 unspecified atom stereocenters. The molecule has 2 aliphatic rings. The van der Waals surface area contributed by atoms with Crippen molar-refractivity contribution in [1.82, 2.24) is 5.32 Å². The molecule has 2 fully saturated rings. The summed E-state index contributed by atoms with van der Waals surface area (Å²) < 4.78 is 0. The Morgan fingerprint density at radius 3 is 2.71 bits per heavy atom. The number of aliphatic imine (C=N–C) groups is 1. The van der Waals surface area contributed by atoms with Gasteiger partial charge in [0.2, 0.25) is 0 Å². The molecule has 1 saturated heterocycles. The Bertz CT molecular complexity index is 229. The summed E-state index contributed by atoms with van der Waals surface area (Å²) in [6.07, 6.45) is 5.62. The fourth-order valence-corrected chi connectivity index (χ4v) is 3.18. The SMILES string of the molecule is CC1(C)CSC(=NCC2CCCC2)N1. The summed E-state index contributed by atoms with van der Waals surface area (Å²) in [7, 11) is 0. The Labute approximate surface area is 90.9 Å². The lowest BCUT2D eigenvalue weighted by Crippen LogP contribution is -2.37. The molecule has 1 saturated carbocycles. The van der Waals surface area contributed by atoms with Crippen molar-refractivity contribution >= 4 is 16.9 Å². The van der Waals surface area contributed by atoms with E-state index < -0.39 is 0 Å². The van der Waals surface area contributed by atoms with E-state index in [1.54, 1.807) is 0 Å². The third-order valence-corrected chi connectivity index (χ3v) is 4.35. The Morgan fingerprint density at radius 2 is 2.14 bits per heavy atom. The smallest absolute Gasteiger partial charge is 0.157 e. The highest BCUT2D eigenvalue weighted by molar-refractivity contribution is 8.14. The van der Waals surface area contributed by atoms with Gasteiger partial charge in [-0.05, 0) is 32.6 Å². The molecule has 0 spiro atoms. The van der Waals surface area contributed by atoms with E-state index in [1.807, 2.05) is 11.8 Å². The van der Waals surface area contributed by atoms with Crippen molar-refractivity contribution in [2.75, 3.05) is 12.3 Å². The van der Waals surface area contributed by atoms with Crippen LogP contribution in [0, 0.1) is 5.92 Å². The molecular formula is C11H20N2S. The summed E-state index contributed by atoms with van der Waals surface area (Å²) in [6, 6.07) is 0. The molecule has 0 aromatic heterocycles. The standard InChI is InChI=1S/C11H20N2S/c1-11(2)8-14-10(13-11)12-7-9-5-3-4-6-9/h9H,3-8H2,1-2H3,(H,12,13). The van der Waals surface area contributed by atoms with E-state index in [1.165, 1.54) is 30.9 Å². The van der Waals surface area contributed by atoms with E-state index in [-0.39, 0.29) is 5.54 Å². The number of amidine groups is 1. The van der Waals surface area contributed by atoms with Crippen LogP contribution in [-0.4, -0.2) is 23.0 Å². The molecule has 1 aliphatic heterocycles. The highest BCUT2D eigenvalue weighted by Crippen LogP contribution is 2.26. The average Bonchev–Trinajstić information content (AvgIpc) is 2.70. The first-order valence-electron chi connectivity index (χ1n) is 5.61. The van der Waals surface area contributed by atoms with Gasteiger partial charge >= 0.3 is 0 Å². The van der Waals surface area contributed by atoms with Crippen LogP contribution < -0.4 is 5.32 Å². The van der Waals surface area contributed by atoms with Crippen LogP contribution in [0.4, 0.5) is 0 Å². The van der Waals surface area contributed by atoms with Crippen molar-refractivity contribution < 1.29 is 0 Å². The van der Waals surface area contributed by atoms with E-state index in [4.69, 9.17) is 0 Å². The molecule has 0 aromatic carbocycles. The van der Waals surface area contributed by atoms with Gasteiger partial charge in [-0.3, -0.25) is 4.99 Å². The molecule has 1 N–H and O–H groups in total. The van der Waals surface area contributed by atoms with E-state index in [0.717, 1.165) is 18.2 Å². The minimum atomic E-state index is 0.249. The molecule has 14 heavy (non-hydrogen) atoms. The second-order valence-corrected chi connectivity index (χ2v) is 6.06. The summed E-state index contributed by atoms with van der Waals surface area (Å²) in [6.45, 7) is 5.52. The Hall–Kier alpha value is -0.180. The number of hydrogen-bond acceptors (Lipinski definition) is 2. The second kappa shape index (κ2) is 4.13. The van der Waals surface area contributed by atoms with Gasteiger partial charge in [0, 0.05) is 17.8 Å². The van der Waals surface area contributed by atoms with E-state index >= 15 is 0 Å². The lowest BCUT2D eigenvalue weighted by atomic mass is 10.1. The first-order chi connectivity index (χ1) is 6.66. The molecule has 1 aliphatic carbocycles. The Kier molecular flexibility index (Phi) is 3.05. The van der Waals surface area contributed by atoms with Crippen LogP contribution >= 0.6 is 11.8 Å². The van der Waals surface area contributed by atoms with Gasteiger partial charge in [-0.2, -0.15) is 0 Å². The monoisotopic (exact) mass is 212 g/mol. The van der Waals surface area contributed by atoms with Crippen LogP contribution in [0.2, 0.25) is 0 Å². The summed E-state index contributed by atoms with van der Waals surface area (Å²) in [5.41, 5.74) is 0.249. The molecule has 0 aromatic rings. The zero-order valence-corrected chi connectivity index (χ0v) is 9.99. The maximum atomic E-state index is 4.67. The predicted molar refractivity (Wildman–Crippen MR) is 63.9 cm³/mol. The topological polar surface area (TPSA) is 24.4 Å². The van der Waals surface area contributed by atoms with Gasteiger partial charge in [0.25, 0.3) is 0 Å². The van der Waals surface area contributed by atoms with Gasteiger partial charge in [-0.15, -0.1) is 0 Å². The van der Waals surface area contributed by atoms with Gasteiger partial charge in [-0.1, -0.05) is 24.6 Å². The van der Waals surface area contributed by atoms with Crippen molar-refractivity contribution in [3.05, 3.63) is 0 Å². The quantitative estimate of drug-likeness (QED) is 0.761. The number of thioether (sulfide) groups is 1. The zero-order valence-electron chi connectivity index (χ0n) is 9.18. The van der Waals surface area contributed by atoms with Crippen LogP contribution in [0.5, 0.6) is 0 Å². The largest absolute Gasteiger partial charge is 0.359 e. The lowest BCUT2D eigenvalue weighted by molar-refractivity contribution is 0.530. The normalized spacial score (nSPS) is 29.7. The molecular weight excluding hydrogens is 192 g/mol. The van der Waals surface area contributed by atoms with Crippen molar-refractivity contribution in [3.63, 3.8) is 0 Å². The van der Waals surface area contributed by atoms with Crippen molar-refractivity contribution in [2.24, 2.45) is 10.9 Å². The number of rotatable bonds is 2. The highest BCUT2D eigenvalue weighted by Gasteiger charge is 2.27. The van der Waals surface area contributed by atoms with Gasteiger partial charge in [0.05, 0.1) is 0 Å². The molecule has 0 bridgehead atoms. The lowest BCUT2D eigenvalue weighted by Gasteiger charge is -2.16. The van der Waals surface area contributed by atoms with Gasteiger partial charge in [0.1, 0.15) is 0 Å². The Balaban J connectivity index is 1.81. The molecule has 2 nitrogen and oxygen atoms in total. The van der Waals surface area contributed by atoms with E-state index in [2.05, 4.69) is 24.2 Å². The predicted octanol–water partition coefficient (Wildman–Crippen LogP) is 2.65. The van der Waals surface area contributed by atoms with Gasteiger partial charge in [-0.25, -0.2) is 0 Å². The third kappa shape index (κ3) is 2.66. The summed E-state index contributed by atoms with van der Waals surface area (Å²) in [5.74, 6) is 2.02. The van der Waals surface area contributed by atoms with Crippen LogP contribution in [0.15, 0.2) is 4.99 Å². The number of nitrogens with one attached hydrogen (secondary N) is 1. The maximum Gasteiger partial charge on any atom is 0.157 e. The highest BCUT2D eigenvalue weighted by atomic mass is 32.2. The second-order valence-electron chi connectivity index (χ2n) is 5.09. The van der Waals surface area contributed by atoms with Crippen LogP contribution in [0.3, 0.4) is 0 Å². The summed E-state index contributed by atoms with van der Waals surface area (Å²) in [4.78, 5) is 4.67.